The van der Waals surface area contributed by atoms with Crippen molar-refractivity contribution < 1.29 is 23.8 Å². The second-order valence-electron chi connectivity index (χ2n) is 5.06. The van der Waals surface area contributed by atoms with Crippen LogP contribution in [0, 0.1) is 11.3 Å². The first kappa shape index (κ1) is 18.1. The number of hydrogen-bond acceptors (Lipinski definition) is 7. The van der Waals surface area contributed by atoms with E-state index >= 15 is 0 Å². The van der Waals surface area contributed by atoms with Gasteiger partial charge >= 0.3 is 6.09 Å². The largest absolute Gasteiger partial charge is 0.493 e. The minimum atomic E-state index is -0.521. The Morgan fingerprint density at radius 2 is 2.00 bits per heavy atom. The first-order valence-corrected chi connectivity index (χ1v) is 7.52. The number of hydrogen-bond donors (Lipinski definition) is 0. The molecule has 8 nitrogen and oxygen atoms in total. The number of amides is 1. The topological polar surface area (TPSA) is 93.4 Å². The lowest BCUT2D eigenvalue weighted by molar-refractivity contribution is 0.155. The van der Waals surface area contributed by atoms with Gasteiger partial charge < -0.3 is 23.9 Å². The number of benzene rings is 1. The molecule has 0 atom stereocenters. The summed E-state index contributed by atoms with van der Waals surface area (Å²) >= 11 is 0. The Balaban J connectivity index is 2.08. The third kappa shape index (κ3) is 4.41. The van der Waals surface area contributed by atoms with E-state index in [1.54, 1.807) is 18.2 Å². The molecule has 0 aromatic heterocycles. The smallest absolute Gasteiger partial charge is 0.415 e. The average molecular weight is 345 g/mol. The Morgan fingerprint density at radius 3 is 2.64 bits per heavy atom. The lowest BCUT2D eigenvalue weighted by Gasteiger charge is -2.26. The predicted octanol–water partition coefficient (Wildman–Crippen LogP) is 2.36. The molecule has 1 aliphatic heterocycles. The van der Waals surface area contributed by atoms with E-state index in [9.17, 15) is 4.79 Å². The van der Waals surface area contributed by atoms with Crippen LogP contribution in [0.1, 0.15) is 6.42 Å². The van der Waals surface area contributed by atoms with E-state index in [4.69, 9.17) is 19.5 Å². The summed E-state index contributed by atoms with van der Waals surface area (Å²) in [5.41, 5.74) is 0.769. The van der Waals surface area contributed by atoms with Crippen LogP contribution >= 0.6 is 0 Å². The molecule has 0 spiro atoms. The lowest BCUT2D eigenvalue weighted by Crippen LogP contribution is -2.39. The van der Waals surface area contributed by atoms with Gasteiger partial charge in [-0.2, -0.15) is 5.26 Å². The highest BCUT2D eigenvalue weighted by atomic mass is 16.6. The van der Waals surface area contributed by atoms with Crippen molar-refractivity contribution in [3.05, 3.63) is 29.8 Å². The van der Waals surface area contributed by atoms with Gasteiger partial charge in [-0.25, -0.2) is 4.79 Å². The first-order valence-electron chi connectivity index (χ1n) is 7.52. The van der Waals surface area contributed by atoms with Crippen molar-refractivity contribution in [2.75, 3.05) is 34.4 Å². The second kappa shape index (κ2) is 8.59. The molecule has 0 aliphatic carbocycles. The summed E-state index contributed by atoms with van der Waals surface area (Å²) in [6.07, 6.45) is 1.94. The third-order valence-electron chi connectivity index (χ3n) is 3.56. The van der Waals surface area contributed by atoms with Crippen LogP contribution in [-0.2, 0) is 4.84 Å². The fourth-order valence-corrected chi connectivity index (χ4v) is 2.36. The fraction of sp³-hybridized carbons (Fsp3) is 0.353. The van der Waals surface area contributed by atoms with Crippen LogP contribution in [0.5, 0.6) is 17.2 Å². The van der Waals surface area contributed by atoms with Gasteiger partial charge in [0.05, 0.1) is 20.8 Å². The highest BCUT2D eigenvalue weighted by Crippen LogP contribution is 2.31. The molecule has 8 heteroatoms. The maximum absolute atomic E-state index is 12.4. The van der Waals surface area contributed by atoms with E-state index in [1.165, 1.54) is 26.2 Å². The maximum Gasteiger partial charge on any atom is 0.415 e. The molecule has 1 aromatic carbocycles. The average Bonchev–Trinajstić information content (AvgIpc) is 2.66. The molecule has 0 radical (unpaired) electrons. The van der Waals surface area contributed by atoms with Crippen molar-refractivity contribution in [3.63, 3.8) is 0 Å². The molecule has 2 rings (SSSR count). The van der Waals surface area contributed by atoms with Gasteiger partial charge in [-0.15, -0.1) is 0 Å². The van der Waals surface area contributed by atoms with Gasteiger partial charge in [0, 0.05) is 18.2 Å². The van der Waals surface area contributed by atoms with Crippen LogP contribution < -0.4 is 14.2 Å². The Bertz CT molecular complexity index is 736. The number of methoxy groups -OCH3 is 2. The minimum Gasteiger partial charge on any atom is -0.493 e. The van der Waals surface area contributed by atoms with Crippen molar-refractivity contribution in [3.8, 4) is 23.3 Å². The number of nitrogens with zero attached hydrogens (tertiary/aromatic N) is 3. The molecule has 132 valence electrons. The zero-order valence-electron chi connectivity index (χ0n) is 14.3. The van der Waals surface area contributed by atoms with Crippen LogP contribution in [0.4, 0.5) is 4.79 Å². The maximum atomic E-state index is 12.4. The Hall–Kier alpha value is -3.21. The summed E-state index contributed by atoms with van der Waals surface area (Å²) in [5, 5.41) is 12.8. The van der Waals surface area contributed by atoms with Gasteiger partial charge in [0.2, 0.25) is 0 Å². The Labute approximate surface area is 145 Å². The standard InChI is InChI=1S/C17H19N3O5/c1-22-15-7-6-13(9-16(15)23-2)25-17(21)20-8-4-5-12(11-20)14(10-18)19-24-3/h5-7,9H,4,8,11H2,1-3H3/b19-14+. The Kier molecular flexibility index (Phi) is 6.23. The summed E-state index contributed by atoms with van der Waals surface area (Å²) in [6, 6.07) is 6.80. The van der Waals surface area contributed by atoms with Crippen molar-refractivity contribution in [2.24, 2.45) is 5.16 Å². The van der Waals surface area contributed by atoms with Crippen LogP contribution in [0.15, 0.2) is 35.0 Å². The summed E-state index contributed by atoms with van der Waals surface area (Å²) in [7, 11) is 4.40. The molecule has 0 saturated heterocycles. The van der Waals surface area contributed by atoms with Crippen LogP contribution in [-0.4, -0.2) is 51.1 Å². The number of nitriles is 1. The summed E-state index contributed by atoms with van der Waals surface area (Å²) in [6.45, 7) is 0.711. The van der Waals surface area contributed by atoms with Crippen LogP contribution in [0.2, 0.25) is 0 Å². The molecule has 0 N–H and O–H groups in total. The number of oxime groups is 1. The van der Waals surface area contributed by atoms with Crippen molar-refractivity contribution >= 4 is 11.8 Å². The molecule has 0 bridgehead atoms. The molecule has 1 aromatic rings. The highest BCUT2D eigenvalue weighted by Gasteiger charge is 2.23. The third-order valence-corrected chi connectivity index (χ3v) is 3.56. The predicted molar refractivity (Wildman–Crippen MR) is 89.9 cm³/mol. The molecule has 1 heterocycles. The van der Waals surface area contributed by atoms with Crippen molar-refractivity contribution in [1.29, 1.82) is 5.26 Å². The van der Waals surface area contributed by atoms with Gasteiger partial charge in [0.15, 0.2) is 17.2 Å². The molecular formula is C17H19N3O5. The molecular weight excluding hydrogens is 326 g/mol. The molecule has 25 heavy (non-hydrogen) atoms. The zero-order valence-corrected chi connectivity index (χ0v) is 14.3. The first-order chi connectivity index (χ1) is 12.1. The van der Waals surface area contributed by atoms with Gasteiger partial charge in [-0.05, 0) is 18.6 Å². The monoisotopic (exact) mass is 345 g/mol. The summed E-state index contributed by atoms with van der Waals surface area (Å²) in [4.78, 5) is 18.5. The molecule has 0 fully saturated rings. The Morgan fingerprint density at radius 1 is 1.24 bits per heavy atom. The number of carbonyl (C=O) groups excluding carboxylic acids is 1. The van der Waals surface area contributed by atoms with Crippen molar-refractivity contribution in [1.82, 2.24) is 4.90 Å². The summed E-state index contributed by atoms with van der Waals surface area (Å²) in [5.74, 6) is 1.34. The minimum absolute atomic E-state index is 0.145. The van der Waals surface area contributed by atoms with Gasteiger partial charge in [-0.1, -0.05) is 11.2 Å². The van der Waals surface area contributed by atoms with Gasteiger partial charge in [0.25, 0.3) is 0 Å². The van der Waals surface area contributed by atoms with E-state index < -0.39 is 6.09 Å². The van der Waals surface area contributed by atoms with E-state index in [2.05, 4.69) is 9.99 Å². The van der Waals surface area contributed by atoms with E-state index in [0.29, 0.717) is 35.8 Å². The highest BCUT2D eigenvalue weighted by molar-refractivity contribution is 6.11. The number of ether oxygens (including phenoxy) is 3. The summed E-state index contributed by atoms with van der Waals surface area (Å²) < 4.78 is 15.7. The van der Waals surface area contributed by atoms with E-state index in [0.717, 1.165) is 0 Å². The van der Waals surface area contributed by atoms with E-state index in [-0.39, 0.29) is 12.3 Å². The lowest BCUT2D eigenvalue weighted by atomic mass is 10.1. The van der Waals surface area contributed by atoms with Gasteiger partial charge in [-0.3, -0.25) is 0 Å². The van der Waals surface area contributed by atoms with E-state index in [1.807, 2.05) is 12.1 Å². The van der Waals surface area contributed by atoms with Crippen molar-refractivity contribution in [2.45, 2.75) is 6.42 Å². The van der Waals surface area contributed by atoms with Gasteiger partial charge in [0.1, 0.15) is 18.9 Å². The number of rotatable bonds is 5. The van der Waals surface area contributed by atoms with Crippen LogP contribution in [0.3, 0.4) is 0 Å². The number of carbonyl (C=O) groups is 1. The quantitative estimate of drug-likeness (QED) is 0.601. The SMILES string of the molecule is CO/N=C(\C#N)C1=CCCN(C(=O)Oc2ccc(OC)c(OC)c2)C1. The molecule has 1 amide bonds. The molecule has 1 aliphatic rings. The van der Waals surface area contributed by atoms with Crippen LogP contribution in [0.25, 0.3) is 0 Å². The second-order valence-corrected chi connectivity index (χ2v) is 5.06. The zero-order chi connectivity index (χ0) is 18.2. The molecule has 0 unspecified atom stereocenters. The normalized spacial score (nSPS) is 14.2. The molecule has 0 saturated carbocycles. The fourth-order valence-electron chi connectivity index (χ4n) is 2.36.